The quantitative estimate of drug-likeness (QED) is 0.519. The van der Waals surface area contributed by atoms with Gasteiger partial charge >= 0.3 is 0 Å². The Bertz CT molecular complexity index is 325. The number of rotatable bonds is 5. The number of likely N-dealkylation sites (N-methyl/N-ethyl adjacent to an activating group) is 1. The Hall–Kier alpha value is -0.640. The average Bonchev–Trinajstić information content (AvgIpc) is 2.83. The monoisotopic (exact) mass is 256 g/mol. The lowest BCUT2D eigenvalue weighted by Crippen LogP contribution is -2.43. The lowest BCUT2D eigenvalue weighted by atomic mass is 10.1. The van der Waals surface area contributed by atoms with Crippen LogP contribution in [0.4, 0.5) is 0 Å². The van der Waals surface area contributed by atoms with Gasteiger partial charge in [0.15, 0.2) is 0 Å². The second kappa shape index (κ2) is 5.55. The van der Waals surface area contributed by atoms with Gasteiger partial charge in [-0.1, -0.05) is 0 Å². The summed E-state index contributed by atoms with van der Waals surface area (Å²) in [5, 5.41) is 9.61. The lowest BCUT2D eigenvalue weighted by Gasteiger charge is -2.28. The molecule has 1 N–H and O–H groups in total. The van der Waals surface area contributed by atoms with Crippen molar-refractivity contribution in [2.24, 2.45) is 0 Å². The molecule has 2 heterocycles. The molecule has 0 aromatic rings. The Morgan fingerprint density at radius 1 is 1.33 bits per heavy atom. The van der Waals surface area contributed by atoms with E-state index in [0.29, 0.717) is 26.4 Å². The molecular weight excluding hydrogens is 234 g/mol. The molecule has 0 saturated carbocycles. The van der Waals surface area contributed by atoms with E-state index >= 15 is 0 Å². The second-order valence-electron chi connectivity index (χ2n) is 5.59. The number of quaternary nitrogens is 1. The zero-order chi connectivity index (χ0) is 13.2. The van der Waals surface area contributed by atoms with Gasteiger partial charge in [-0.05, 0) is 5.92 Å². The highest BCUT2D eigenvalue weighted by molar-refractivity contribution is 4.94. The van der Waals surface area contributed by atoms with Crippen LogP contribution >= 0.6 is 0 Å². The zero-order valence-corrected chi connectivity index (χ0v) is 11.0. The molecular formula is C13H22NO4+. The molecule has 2 fully saturated rings. The molecule has 0 unspecified atom stereocenters. The fourth-order valence-corrected chi connectivity index (χ4v) is 2.36. The van der Waals surface area contributed by atoms with Gasteiger partial charge in [0.2, 0.25) is 0 Å². The van der Waals surface area contributed by atoms with E-state index in [9.17, 15) is 5.11 Å². The molecule has 18 heavy (non-hydrogen) atoms. The largest absolute Gasteiger partial charge is 0.388 e. The fraction of sp³-hybridized carbons (Fsp3) is 0.846. The molecule has 5 nitrogen and oxygen atoms in total. The van der Waals surface area contributed by atoms with Crippen LogP contribution in [0.1, 0.15) is 0 Å². The summed E-state index contributed by atoms with van der Waals surface area (Å²) in [5.74, 6) is 2.66. The number of terminal acetylenes is 1. The predicted octanol–water partition coefficient (Wildman–Crippen LogP) is -0.760. The van der Waals surface area contributed by atoms with E-state index in [0.717, 1.165) is 11.0 Å². The summed E-state index contributed by atoms with van der Waals surface area (Å²) in [4.78, 5) is 0. The van der Waals surface area contributed by atoms with Crippen LogP contribution in [0.5, 0.6) is 0 Å². The molecule has 0 aromatic carbocycles. The van der Waals surface area contributed by atoms with Gasteiger partial charge in [0, 0.05) is 0 Å². The van der Waals surface area contributed by atoms with Gasteiger partial charge in [-0.3, -0.25) is 0 Å². The lowest BCUT2D eigenvalue weighted by molar-refractivity contribution is -0.883. The van der Waals surface area contributed by atoms with Gasteiger partial charge in [-0.25, -0.2) is 0 Å². The van der Waals surface area contributed by atoms with Crippen molar-refractivity contribution in [3.05, 3.63) is 0 Å². The fourth-order valence-electron chi connectivity index (χ4n) is 2.36. The second-order valence-corrected chi connectivity index (χ2v) is 5.59. The van der Waals surface area contributed by atoms with Crippen LogP contribution in [0, 0.1) is 12.3 Å². The Morgan fingerprint density at radius 2 is 2.06 bits per heavy atom. The van der Waals surface area contributed by atoms with Crippen LogP contribution in [0.2, 0.25) is 0 Å². The normalized spacial score (nSPS) is 35.4. The highest BCUT2D eigenvalue weighted by atomic mass is 16.6. The summed E-state index contributed by atoms with van der Waals surface area (Å²) >= 11 is 0. The van der Waals surface area contributed by atoms with Crippen LogP contribution < -0.4 is 0 Å². The number of hydrogen-bond donors (Lipinski definition) is 1. The van der Waals surface area contributed by atoms with Crippen molar-refractivity contribution in [3.63, 3.8) is 0 Å². The molecule has 0 radical (unpaired) electrons. The van der Waals surface area contributed by atoms with Crippen LogP contribution in [0.15, 0.2) is 0 Å². The van der Waals surface area contributed by atoms with Crippen molar-refractivity contribution in [1.82, 2.24) is 0 Å². The van der Waals surface area contributed by atoms with E-state index in [1.165, 1.54) is 0 Å². The molecule has 5 heteroatoms. The van der Waals surface area contributed by atoms with Crippen molar-refractivity contribution < 1.29 is 23.8 Å². The van der Waals surface area contributed by atoms with Crippen molar-refractivity contribution in [2.75, 3.05) is 47.0 Å². The summed E-state index contributed by atoms with van der Waals surface area (Å²) in [7, 11) is 4.15. The van der Waals surface area contributed by atoms with Gasteiger partial charge in [0.25, 0.3) is 0 Å². The highest BCUT2D eigenvalue weighted by Crippen LogP contribution is 2.28. The Kier molecular flexibility index (Phi) is 4.25. The molecule has 0 spiro atoms. The number of hydrogen-bond acceptors (Lipinski definition) is 4. The third kappa shape index (κ3) is 3.02. The molecule has 2 aliphatic rings. The molecule has 102 valence electrons. The van der Waals surface area contributed by atoms with Crippen molar-refractivity contribution >= 4 is 0 Å². The molecule has 0 aliphatic carbocycles. The van der Waals surface area contributed by atoms with E-state index in [4.69, 9.17) is 20.6 Å². The molecule has 2 rings (SSSR count). The van der Waals surface area contributed by atoms with Crippen molar-refractivity contribution in [3.8, 4) is 12.3 Å². The molecule has 4 atom stereocenters. The van der Waals surface area contributed by atoms with E-state index in [1.807, 2.05) is 0 Å². The maximum absolute atomic E-state index is 9.61. The number of ether oxygens (including phenoxy) is 3. The first-order chi connectivity index (χ1) is 8.53. The van der Waals surface area contributed by atoms with Crippen LogP contribution in [-0.4, -0.2) is 81.0 Å². The first-order valence-corrected chi connectivity index (χ1v) is 6.32. The smallest absolute Gasteiger partial charge is 0.140 e. The Labute approximate surface area is 108 Å². The van der Waals surface area contributed by atoms with Gasteiger partial charge in [-0.2, -0.15) is 0 Å². The minimum absolute atomic E-state index is 0.0713. The zero-order valence-electron chi connectivity index (χ0n) is 11.0. The first-order valence-electron chi connectivity index (χ1n) is 6.32. The first kappa shape index (κ1) is 13.8. The third-order valence-electron chi connectivity index (χ3n) is 3.53. The van der Waals surface area contributed by atoms with Crippen molar-refractivity contribution in [1.29, 1.82) is 0 Å². The summed E-state index contributed by atoms with van der Waals surface area (Å²) in [6.07, 6.45) is 4.39. The summed E-state index contributed by atoms with van der Waals surface area (Å²) in [6, 6.07) is 0. The Morgan fingerprint density at radius 3 is 2.78 bits per heavy atom. The van der Waals surface area contributed by atoms with Gasteiger partial charge < -0.3 is 23.8 Å². The predicted molar refractivity (Wildman–Crippen MR) is 65.9 cm³/mol. The molecule has 0 amide bonds. The van der Waals surface area contributed by atoms with Crippen LogP contribution in [0.3, 0.4) is 0 Å². The number of aliphatic hydroxyl groups excluding tert-OH is 1. The van der Waals surface area contributed by atoms with E-state index < -0.39 is 6.10 Å². The molecule has 0 aromatic heterocycles. The molecule has 0 bridgehead atoms. The van der Waals surface area contributed by atoms with Gasteiger partial charge in [0.05, 0.1) is 33.9 Å². The third-order valence-corrected chi connectivity index (χ3v) is 3.53. The van der Waals surface area contributed by atoms with Gasteiger partial charge in [-0.15, -0.1) is 6.42 Å². The SMILES string of the molecule is C#CC[N+](C)(C)CCO[C@H]1CO[C@H]2[C@@H]1OC[C@H]2O. The average molecular weight is 256 g/mol. The van der Waals surface area contributed by atoms with Crippen molar-refractivity contribution in [2.45, 2.75) is 24.4 Å². The van der Waals surface area contributed by atoms with E-state index in [2.05, 4.69) is 20.0 Å². The summed E-state index contributed by atoms with van der Waals surface area (Å²) < 4.78 is 17.5. The van der Waals surface area contributed by atoms with Gasteiger partial charge in [0.1, 0.15) is 37.5 Å². The van der Waals surface area contributed by atoms with Crippen LogP contribution in [-0.2, 0) is 14.2 Å². The Balaban J connectivity index is 1.74. The summed E-state index contributed by atoms with van der Waals surface area (Å²) in [6.45, 7) is 2.99. The topological polar surface area (TPSA) is 47.9 Å². The number of aliphatic hydroxyl groups is 1. The molecule has 2 aliphatic heterocycles. The molecule has 2 saturated heterocycles. The standard InChI is InChI=1S/C13H22NO4/c1-4-5-14(2,3)6-7-16-11-9-18-12-10(15)8-17-13(11)12/h1,10-13,15H,5-9H2,2-3H3/q+1/t10-,11+,12-,13-/m1/s1. The minimum Gasteiger partial charge on any atom is -0.388 e. The number of nitrogens with zero attached hydrogens (tertiary/aromatic N) is 1. The van der Waals surface area contributed by atoms with E-state index in [-0.39, 0.29) is 18.3 Å². The highest BCUT2D eigenvalue weighted by Gasteiger charge is 2.47. The maximum Gasteiger partial charge on any atom is 0.140 e. The summed E-state index contributed by atoms with van der Waals surface area (Å²) in [5.41, 5.74) is 0. The van der Waals surface area contributed by atoms with E-state index in [1.54, 1.807) is 0 Å². The number of fused-ring (bicyclic) bond motifs is 1. The maximum atomic E-state index is 9.61. The van der Waals surface area contributed by atoms with Crippen LogP contribution in [0.25, 0.3) is 0 Å². The minimum atomic E-state index is -0.516.